The highest BCUT2D eigenvalue weighted by atomic mass is 32.1. The van der Waals surface area contributed by atoms with Crippen LogP contribution in [0.3, 0.4) is 0 Å². The number of nitrogens with zero attached hydrogens (tertiary/aromatic N) is 4. The van der Waals surface area contributed by atoms with E-state index in [9.17, 15) is 0 Å². The van der Waals surface area contributed by atoms with Crippen LogP contribution in [0, 0.1) is 0 Å². The van der Waals surface area contributed by atoms with Crippen molar-refractivity contribution in [2.24, 2.45) is 5.73 Å². The molecular weight excluding hydrogens is 262 g/mol. The van der Waals surface area contributed by atoms with Crippen LogP contribution in [0.4, 0.5) is 0 Å². The van der Waals surface area contributed by atoms with Crippen molar-refractivity contribution in [3.05, 3.63) is 10.8 Å². The second kappa shape index (κ2) is 4.50. The summed E-state index contributed by atoms with van der Waals surface area (Å²) in [6.45, 7) is 0.814. The molecule has 2 aliphatic rings. The van der Waals surface area contributed by atoms with Crippen molar-refractivity contribution in [3.63, 3.8) is 0 Å². The van der Waals surface area contributed by atoms with E-state index in [2.05, 4.69) is 10.2 Å². The third kappa shape index (κ3) is 1.96. The summed E-state index contributed by atoms with van der Waals surface area (Å²) in [5.41, 5.74) is 5.98. The Balaban J connectivity index is 1.67. The van der Waals surface area contributed by atoms with Crippen molar-refractivity contribution in [2.45, 2.75) is 50.2 Å². The van der Waals surface area contributed by atoms with Crippen LogP contribution in [0.5, 0.6) is 0 Å². The van der Waals surface area contributed by atoms with E-state index in [-0.39, 0.29) is 6.10 Å². The standard InChI is InChI=1S/C12H17N5OS/c13-8-4-3-7(6-8)11-16-17-10(9-2-1-5-18-9)14-15-12(17)19-11/h7-9H,1-6,13H2. The maximum Gasteiger partial charge on any atom is 0.234 e. The summed E-state index contributed by atoms with van der Waals surface area (Å²) in [6.07, 6.45) is 5.45. The number of hydrogen-bond acceptors (Lipinski definition) is 6. The van der Waals surface area contributed by atoms with Gasteiger partial charge in [-0.25, -0.2) is 0 Å². The van der Waals surface area contributed by atoms with E-state index in [0.717, 1.165) is 54.5 Å². The lowest BCUT2D eigenvalue weighted by Gasteiger charge is -2.05. The fraction of sp³-hybridized carbons (Fsp3) is 0.750. The smallest absolute Gasteiger partial charge is 0.234 e. The predicted octanol–water partition coefficient (Wildman–Crippen LogP) is 1.63. The van der Waals surface area contributed by atoms with Crippen LogP contribution in [0.2, 0.25) is 0 Å². The molecule has 2 aromatic heterocycles. The lowest BCUT2D eigenvalue weighted by Crippen LogP contribution is -2.14. The zero-order valence-corrected chi connectivity index (χ0v) is 11.5. The Morgan fingerprint density at radius 1 is 1.26 bits per heavy atom. The first-order valence-electron chi connectivity index (χ1n) is 6.90. The second-order valence-electron chi connectivity index (χ2n) is 5.46. The Bertz CT molecular complexity index is 588. The van der Waals surface area contributed by atoms with Gasteiger partial charge in [0.2, 0.25) is 4.96 Å². The van der Waals surface area contributed by atoms with Crippen molar-refractivity contribution >= 4 is 16.3 Å². The molecule has 102 valence electrons. The average molecular weight is 279 g/mol. The molecule has 1 saturated heterocycles. The molecule has 1 saturated carbocycles. The highest BCUT2D eigenvalue weighted by Crippen LogP contribution is 2.36. The predicted molar refractivity (Wildman–Crippen MR) is 71.2 cm³/mol. The largest absolute Gasteiger partial charge is 0.370 e. The molecule has 3 atom stereocenters. The molecule has 2 N–H and O–H groups in total. The van der Waals surface area contributed by atoms with E-state index in [1.165, 1.54) is 0 Å². The maximum absolute atomic E-state index is 5.98. The molecule has 3 unspecified atom stereocenters. The Morgan fingerprint density at radius 2 is 2.21 bits per heavy atom. The van der Waals surface area contributed by atoms with Crippen LogP contribution < -0.4 is 5.73 Å². The summed E-state index contributed by atoms with van der Waals surface area (Å²) >= 11 is 1.64. The summed E-state index contributed by atoms with van der Waals surface area (Å²) < 4.78 is 7.55. The van der Waals surface area contributed by atoms with Crippen LogP contribution >= 0.6 is 11.3 Å². The molecule has 0 amide bonds. The van der Waals surface area contributed by atoms with Crippen LogP contribution in [0.25, 0.3) is 4.96 Å². The third-order valence-corrected chi connectivity index (χ3v) is 5.13. The number of aromatic nitrogens is 4. The van der Waals surface area contributed by atoms with E-state index in [0.29, 0.717) is 12.0 Å². The molecule has 2 fully saturated rings. The first kappa shape index (κ1) is 11.7. The Hall–Kier alpha value is -1.05. The molecule has 1 aliphatic carbocycles. The van der Waals surface area contributed by atoms with Gasteiger partial charge in [0, 0.05) is 18.6 Å². The van der Waals surface area contributed by atoms with Crippen LogP contribution in [0.1, 0.15) is 55.0 Å². The number of fused-ring (bicyclic) bond motifs is 1. The van der Waals surface area contributed by atoms with Gasteiger partial charge in [-0.15, -0.1) is 10.2 Å². The first-order valence-corrected chi connectivity index (χ1v) is 7.72. The van der Waals surface area contributed by atoms with Gasteiger partial charge in [-0.1, -0.05) is 11.3 Å². The van der Waals surface area contributed by atoms with Gasteiger partial charge >= 0.3 is 0 Å². The van der Waals surface area contributed by atoms with Gasteiger partial charge in [-0.3, -0.25) is 0 Å². The normalized spacial score (nSPS) is 31.5. The molecule has 1 aliphatic heterocycles. The van der Waals surface area contributed by atoms with E-state index in [1.54, 1.807) is 11.3 Å². The number of rotatable bonds is 2. The Morgan fingerprint density at radius 3 is 2.95 bits per heavy atom. The lowest BCUT2D eigenvalue weighted by atomic mass is 10.1. The summed E-state index contributed by atoms with van der Waals surface area (Å²) in [5, 5.41) is 14.3. The SMILES string of the molecule is NC1CCC(c2nn3c(C4CCCO4)nnc3s2)C1. The molecule has 0 spiro atoms. The summed E-state index contributed by atoms with van der Waals surface area (Å²) in [7, 11) is 0. The highest BCUT2D eigenvalue weighted by Gasteiger charge is 2.29. The minimum atomic E-state index is 0.0655. The fourth-order valence-electron chi connectivity index (χ4n) is 3.03. The Labute approximate surface area is 115 Å². The van der Waals surface area contributed by atoms with Crippen molar-refractivity contribution in [2.75, 3.05) is 6.61 Å². The molecule has 7 heteroatoms. The van der Waals surface area contributed by atoms with Crippen LogP contribution in [0.15, 0.2) is 0 Å². The molecule has 0 radical (unpaired) electrons. The zero-order chi connectivity index (χ0) is 12.8. The summed E-state index contributed by atoms with van der Waals surface area (Å²) in [6, 6.07) is 0.331. The lowest BCUT2D eigenvalue weighted by molar-refractivity contribution is 0.103. The summed E-state index contributed by atoms with van der Waals surface area (Å²) in [4.78, 5) is 0.876. The number of hydrogen-bond donors (Lipinski definition) is 1. The first-order chi connectivity index (χ1) is 9.31. The minimum absolute atomic E-state index is 0.0655. The molecule has 4 rings (SSSR count). The topological polar surface area (TPSA) is 78.3 Å². The molecular formula is C12H17N5OS. The van der Waals surface area contributed by atoms with Crippen molar-refractivity contribution in [1.29, 1.82) is 0 Å². The molecule has 2 aromatic rings. The number of ether oxygens (including phenoxy) is 1. The number of nitrogens with two attached hydrogens (primary N) is 1. The van der Waals surface area contributed by atoms with Gasteiger partial charge in [-0.2, -0.15) is 9.61 Å². The maximum atomic E-state index is 5.98. The third-order valence-electron chi connectivity index (χ3n) is 4.07. The van der Waals surface area contributed by atoms with Gasteiger partial charge in [0.05, 0.1) is 0 Å². The van der Waals surface area contributed by atoms with Crippen LogP contribution in [-0.4, -0.2) is 32.5 Å². The summed E-state index contributed by atoms with van der Waals surface area (Å²) in [5.74, 6) is 1.36. The van der Waals surface area contributed by atoms with Crippen molar-refractivity contribution in [1.82, 2.24) is 19.8 Å². The monoisotopic (exact) mass is 279 g/mol. The quantitative estimate of drug-likeness (QED) is 0.904. The minimum Gasteiger partial charge on any atom is -0.370 e. The second-order valence-corrected chi connectivity index (χ2v) is 6.45. The Kier molecular flexibility index (Phi) is 2.78. The zero-order valence-electron chi connectivity index (χ0n) is 10.7. The van der Waals surface area contributed by atoms with E-state index in [4.69, 9.17) is 15.6 Å². The van der Waals surface area contributed by atoms with Gasteiger partial charge in [0.25, 0.3) is 0 Å². The van der Waals surface area contributed by atoms with E-state index >= 15 is 0 Å². The molecule has 0 aromatic carbocycles. The van der Waals surface area contributed by atoms with E-state index < -0.39 is 0 Å². The molecule has 6 nitrogen and oxygen atoms in total. The van der Waals surface area contributed by atoms with Gasteiger partial charge < -0.3 is 10.5 Å². The molecule has 3 heterocycles. The fourth-order valence-corrected chi connectivity index (χ4v) is 4.03. The van der Waals surface area contributed by atoms with E-state index in [1.807, 2.05) is 4.52 Å². The van der Waals surface area contributed by atoms with Crippen molar-refractivity contribution < 1.29 is 4.74 Å². The average Bonchev–Trinajstić information content (AvgIpc) is 3.11. The van der Waals surface area contributed by atoms with Crippen LogP contribution in [-0.2, 0) is 4.74 Å². The van der Waals surface area contributed by atoms with Gasteiger partial charge in [-0.05, 0) is 32.1 Å². The molecule has 19 heavy (non-hydrogen) atoms. The van der Waals surface area contributed by atoms with Gasteiger partial charge in [0.1, 0.15) is 11.1 Å². The molecule has 0 bridgehead atoms. The van der Waals surface area contributed by atoms with Gasteiger partial charge in [0.15, 0.2) is 5.82 Å². The highest BCUT2D eigenvalue weighted by molar-refractivity contribution is 7.16. The van der Waals surface area contributed by atoms with Crippen molar-refractivity contribution in [3.8, 4) is 0 Å².